The lowest BCUT2D eigenvalue weighted by molar-refractivity contribution is 0.425. The largest absolute Gasteiger partial charge is 0.283 e. The molecular formula is C18H21N. The molecule has 0 saturated carbocycles. The predicted molar refractivity (Wildman–Crippen MR) is 80.0 cm³/mol. The minimum absolute atomic E-state index is 0.165. The number of hydrogen-bond acceptors (Lipinski definition) is 1. The van der Waals surface area contributed by atoms with E-state index in [2.05, 4.69) is 79.4 Å². The second kappa shape index (κ2) is 4.82. The fourth-order valence-corrected chi connectivity index (χ4v) is 3.30. The summed E-state index contributed by atoms with van der Waals surface area (Å²) in [6, 6.07) is 22.3. The maximum absolute atomic E-state index is 2.61. The van der Waals surface area contributed by atoms with Crippen LogP contribution in [0.15, 0.2) is 60.7 Å². The van der Waals surface area contributed by atoms with Crippen LogP contribution in [0.5, 0.6) is 0 Å². The Morgan fingerprint density at radius 1 is 0.947 bits per heavy atom. The van der Waals surface area contributed by atoms with E-state index in [4.69, 9.17) is 0 Å². The Balaban J connectivity index is 1.96. The van der Waals surface area contributed by atoms with Crippen molar-refractivity contribution in [1.82, 2.24) is 4.90 Å². The van der Waals surface area contributed by atoms with Crippen molar-refractivity contribution in [2.24, 2.45) is 0 Å². The number of nitrogens with zero attached hydrogens (tertiary/aromatic N) is 1. The molecule has 1 unspecified atom stereocenters. The van der Waals surface area contributed by atoms with Crippen molar-refractivity contribution in [3.63, 3.8) is 0 Å². The van der Waals surface area contributed by atoms with Crippen LogP contribution >= 0.6 is 0 Å². The van der Waals surface area contributed by atoms with E-state index >= 15 is 0 Å². The van der Waals surface area contributed by atoms with E-state index in [1.54, 1.807) is 0 Å². The molecule has 1 aliphatic rings. The van der Waals surface area contributed by atoms with Gasteiger partial charge in [0.2, 0.25) is 0 Å². The summed E-state index contributed by atoms with van der Waals surface area (Å²) in [4.78, 5) is 2.61. The average Bonchev–Trinajstić information content (AvgIpc) is 3.07. The van der Waals surface area contributed by atoms with Gasteiger partial charge >= 0.3 is 0 Å². The van der Waals surface area contributed by atoms with E-state index in [1.807, 2.05) is 0 Å². The summed E-state index contributed by atoms with van der Waals surface area (Å²) in [5.41, 5.74) is 3.03. The number of benzene rings is 2. The van der Waals surface area contributed by atoms with Crippen molar-refractivity contribution in [2.45, 2.75) is 31.8 Å². The molecule has 1 heterocycles. The van der Waals surface area contributed by atoms with Crippen LogP contribution in [0.3, 0.4) is 0 Å². The van der Waals surface area contributed by atoms with Gasteiger partial charge in [0.15, 0.2) is 0 Å². The van der Waals surface area contributed by atoms with Crippen LogP contribution in [0.25, 0.3) is 0 Å². The summed E-state index contributed by atoms with van der Waals surface area (Å²) < 4.78 is 0. The fourth-order valence-electron chi connectivity index (χ4n) is 3.30. The Hall–Kier alpha value is -1.60. The van der Waals surface area contributed by atoms with Crippen LogP contribution in [0, 0.1) is 0 Å². The molecule has 0 spiro atoms. The lowest BCUT2D eigenvalue weighted by Crippen LogP contribution is -2.12. The molecule has 0 radical (unpaired) electrons. The van der Waals surface area contributed by atoms with E-state index < -0.39 is 0 Å². The van der Waals surface area contributed by atoms with Crippen molar-refractivity contribution >= 4 is 0 Å². The lowest BCUT2D eigenvalue weighted by atomic mass is 9.93. The summed E-state index contributed by atoms with van der Waals surface area (Å²) in [7, 11) is 0. The minimum Gasteiger partial charge on any atom is -0.283 e. The summed E-state index contributed by atoms with van der Waals surface area (Å²) in [5.74, 6) is 0. The molecule has 0 N–H and O–H groups in total. The Labute approximate surface area is 115 Å². The predicted octanol–water partition coefficient (Wildman–Crippen LogP) is 4.37. The first-order valence-corrected chi connectivity index (χ1v) is 7.15. The van der Waals surface area contributed by atoms with Gasteiger partial charge in [-0.15, -0.1) is 0 Å². The molecule has 0 aromatic heterocycles. The van der Waals surface area contributed by atoms with Gasteiger partial charge in [-0.05, 0) is 31.0 Å². The highest BCUT2D eigenvalue weighted by atomic mass is 15.4. The molecule has 1 saturated heterocycles. The molecule has 0 bridgehead atoms. The zero-order valence-electron chi connectivity index (χ0n) is 11.7. The Kier molecular flexibility index (Phi) is 3.16. The summed E-state index contributed by atoms with van der Waals surface area (Å²) >= 11 is 0. The molecule has 1 fully saturated rings. The Morgan fingerprint density at radius 3 is 2.11 bits per heavy atom. The number of hydrogen-bond donors (Lipinski definition) is 0. The highest BCUT2D eigenvalue weighted by Crippen LogP contribution is 2.59. The molecule has 98 valence electrons. The van der Waals surface area contributed by atoms with E-state index in [1.165, 1.54) is 17.5 Å². The maximum atomic E-state index is 2.61. The minimum atomic E-state index is 0.165. The molecule has 2 aromatic rings. The lowest BCUT2D eigenvalue weighted by Gasteiger charge is -2.12. The van der Waals surface area contributed by atoms with Gasteiger partial charge in [0.05, 0.1) is 11.6 Å². The highest BCUT2D eigenvalue weighted by Gasteiger charge is 2.59. The monoisotopic (exact) mass is 251 g/mol. The standard InChI is InChI=1S/C18H21N/c1-3-14-19-17(15-10-6-4-7-11-15)18(19,2)16-12-8-5-9-13-16/h4-13,17H,3,14H2,1-2H3/t17-,18-,19?/m0/s1. The van der Waals surface area contributed by atoms with Crippen LogP contribution in [0.4, 0.5) is 0 Å². The molecule has 19 heavy (non-hydrogen) atoms. The second-order valence-electron chi connectivity index (χ2n) is 5.52. The van der Waals surface area contributed by atoms with Crippen molar-refractivity contribution in [1.29, 1.82) is 0 Å². The van der Waals surface area contributed by atoms with Gasteiger partial charge in [0.1, 0.15) is 0 Å². The third kappa shape index (κ3) is 1.98. The van der Waals surface area contributed by atoms with Gasteiger partial charge in [-0.25, -0.2) is 0 Å². The Bertz CT molecular complexity index is 534. The van der Waals surface area contributed by atoms with Crippen LogP contribution in [-0.4, -0.2) is 11.4 Å². The van der Waals surface area contributed by atoms with Crippen LogP contribution in [-0.2, 0) is 5.54 Å². The third-order valence-electron chi connectivity index (χ3n) is 4.31. The van der Waals surface area contributed by atoms with Crippen molar-refractivity contribution in [3.05, 3.63) is 71.8 Å². The average molecular weight is 251 g/mol. The Morgan fingerprint density at radius 2 is 1.53 bits per heavy atom. The smallest absolute Gasteiger partial charge is 0.0636 e. The maximum Gasteiger partial charge on any atom is 0.0636 e. The fraction of sp³-hybridized carbons (Fsp3) is 0.333. The molecular weight excluding hydrogens is 230 g/mol. The topological polar surface area (TPSA) is 3.01 Å². The zero-order valence-corrected chi connectivity index (χ0v) is 11.7. The molecule has 3 atom stereocenters. The van der Waals surface area contributed by atoms with E-state index in [9.17, 15) is 0 Å². The van der Waals surface area contributed by atoms with Gasteiger partial charge < -0.3 is 0 Å². The molecule has 1 heteroatoms. The van der Waals surface area contributed by atoms with Gasteiger partial charge in [-0.2, -0.15) is 0 Å². The van der Waals surface area contributed by atoms with Gasteiger partial charge in [0.25, 0.3) is 0 Å². The van der Waals surface area contributed by atoms with Crippen LogP contribution in [0.2, 0.25) is 0 Å². The summed E-state index contributed by atoms with van der Waals surface area (Å²) in [6.07, 6.45) is 1.20. The summed E-state index contributed by atoms with van der Waals surface area (Å²) in [6.45, 7) is 5.78. The first-order valence-electron chi connectivity index (χ1n) is 7.15. The molecule has 2 aromatic carbocycles. The number of rotatable bonds is 4. The van der Waals surface area contributed by atoms with Crippen molar-refractivity contribution < 1.29 is 0 Å². The summed E-state index contributed by atoms with van der Waals surface area (Å²) in [5, 5.41) is 0. The molecule has 1 nitrogen and oxygen atoms in total. The third-order valence-corrected chi connectivity index (χ3v) is 4.31. The molecule has 0 amide bonds. The van der Waals surface area contributed by atoms with E-state index in [0.29, 0.717) is 6.04 Å². The molecule has 3 rings (SSSR count). The van der Waals surface area contributed by atoms with Crippen LogP contribution in [0.1, 0.15) is 37.4 Å². The first kappa shape index (κ1) is 12.4. The van der Waals surface area contributed by atoms with Crippen molar-refractivity contribution in [2.75, 3.05) is 6.54 Å². The quantitative estimate of drug-likeness (QED) is 0.729. The second-order valence-corrected chi connectivity index (χ2v) is 5.52. The van der Waals surface area contributed by atoms with Gasteiger partial charge in [0, 0.05) is 0 Å². The van der Waals surface area contributed by atoms with E-state index in [-0.39, 0.29) is 5.54 Å². The van der Waals surface area contributed by atoms with E-state index in [0.717, 1.165) is 6.54 Å². The molecule has 0 aliphatic carbocycles. The zero-order chi connectivity index (χ0) is 13.3. The van der Waals surface area contributed by atoms with Gasteiger partial charge in [-0.3, -0.25) is 4.90 Å². The first-order chi connectivity index (χ1) is 9.28. The highest BCUT2D eigenvalue weighted by molar-refractivity contribution is 5.40. The van der Waals surface area contributed by atoms with Gasteiger partial charge in [-0.1, -0.05) is 67.6 Å². The normalized spacial score (nSPS) is 29.2. The SMILES string of the molecule is CCCN1[C@@H](c2ccccc2)[C@]1(C)c1ccccc1. The van der Waals surface area contributed by atoms with Crippen molar-refractivity contribution in [3.8, 4) is 0 Å². The van der Waals surface area contributed by atoms with Crippen LogP contribution < -0.4 is 0 Å². The molecule has 1 aliphatic heterocycles.